The minimum absolute atomic E-state index is 0.872. The van der Waals surface area contributed by atoms with Crippen LogP contribution in [0.5, 0.6) is 0 Å². The second kappa shape index (κ2) is 5.53. The number of hydrogen-bond acceptors (Lipinski definition) is 2. The molecule has 1 aromatic rings. The number of unbranched alkanes of at least 4 members (excludes halogenated alkanes) is 1. The first-order chi connectivity index (χ1) is 7.16. The summed E-state index contributed by atoms with van der Waals surface area (Å²) in [5.41, 5.74) is 0. The van der Waals surface area contributed by atoms with E-state index in [0.29, 0.717) is 0 Å². The van der Waals surface area contributed by atoms with Crippen molar-refractivity contribution in [1.82, 2.24) is 14.5 Å². The SMILES string of the molecule is CCCCN=C(c1nccn1C)N(C)C. The molecule has 0 radical (unpaired) electrons. The van der Waals surface area contributed by atoms with Gasteiger partial charge >= 0.3 is 0 Å². The molecule has 0 atom stereocenters. The third-order valence-corrected chi connectivity index (χ3v) is 2.22. The van der Waals surface area contributed by atoms with Crippen molar-refractivity contribution in [3.05, 3.63) is 18.2 Å². The number of rotatable bonds is 4. The monoisotopic (exact) mass is 208 g/mol. The summed E-state index contributed by atoms with van der Waals surface area (Å²) in [5.74, 6) is 1.88. The second-order valence-corrected chi connectivity index (χ2v) is 3.82. The molecule has 0 spiro atoms. The summed E-state index contributed by atoms with van der Waals surface area (Å²) in [5, 5.41) is 0. The Kier molecular flexibility index (Phi) is 4.34. The molecule has 0 saturated heterocycles. The van der Waals surface area contributed by atoms with Gasteiger partial charge in [0.15, 0.2) is 11.7 Å². The summed E-state index contributed by atoms with van der Waals surface area (Å²) in [7, 11) is 5.99. The van der Waals surface area contributed by atoms with Crippen LogP contribution in [0.15, 0.2) is 17.4 Å². The van der Waals surface area contributed by atoms with E-state index in [1.54, 1.807) is 6.20 Å². The summed E-state index contributed by atoms with van der Waals surface area (Å²) in [6, 6.07) is 0. The summed E-state index contributed by atoms with van der Waals surface area (Å²) in [6.07, 6.45) is 6.04. The highest BCUT2D eigenvalue weighted by molar-refractivity contribution is 5.95. The lowest BCUT2D eigenvalue weighted by Gasteiger charge is -2.15. The molecule has 0 aliphatic heterocycles. The topological polar surface area (TPSA) is 33.4 Å². The standard InChI is InChI=1S/C11H20N4/c1-5-6-7-12-10(14(2)3)11-13-8-9-15(11)4/h8-9H,5-7H2,1-4H3. The maximum absolute atomic E-state index is 4.58. The molecule has 4 nitrogen and oxygen atoms in total. The number of nitrogens with zero attached hydrogens (tertiary/aromatic N) is 4. The van der Waals surface area contributed by atoms with Gasteiger partial charge in [0.2, 0.25) is 0 Å². The zero-order valence-corrected chi connectivity index (χ0v) is 10.1. The van der Waals surface area contributed by atoms with Gasteiger partial charge in [0, 0.05) is 40.1 Å². The van der Waals surface area contributed by atoms with Crippen LogP contribution >= 0.6 is 0 Å². The summed E-state index contributed by atoms with van der Waals surface area (Å²) in [4.78, 5) is 10.9. The van der Waals surface area contributed by atoms with E-state index in [2.05, 4.69) is 16.9 Å². The molecular weight excluding hydrogens is 188 g/mol. The summed E-state index contributed by atoms with van der Waals surface area (Å²) in [6.45, 7) is 3.04. The van der Waals surface area contributed by atoms with Gasteiger partial charge < -0.3 is 9.47 Å². The smallest absolute Gasteiger partial charge is 0.175 e. The molecule has 1 rings (SSSR count). The quantitative estimate of drug-likeness (QED) is 0.427. The van der Waals surface area contributed by atoms with Crippen molar-refractivity contribution in [2.45, 2.75) is 19.8 Å². The predicted octanol–water partition coefficient (Wildman–Crippen LogP) is 1.53. The van der Waals surface area contributed by atoms with Crippen LogP contribution in [0.4, 0.5) is 0 Å². The van der Waals surface area contributed by atoms with Crippen LogP contribution in [0.1, 0.15) is 25.6 Å². The Labute approximate surface area is 91.6 Å². The molecule has 0 unspecified atom stereocenters. The fourth-order valence-electron chi connectivity index (χ4n) is 1.34. The third-order valence-electron chi connectivity index (χ3n) is 2.22. The zero-order valence-electron chi connectivity index (χ0n) is 10.1. The van der Waals surface area contributed by atoms with Crippen LogP contribution in [0.25, 0.3) is 0 Å². The van der Waals surface area contributed by atoms with Gasteiger partial charge in [0.05, 0.1) is 0 Å². The van der Waals surface area contributed by atoms with Crippen molar-refractivity contribution in [2.24, 2.45) is 12.0 Å². The number of aryl methyl sites for hydroxylation is 1. The van der Waals surface area contributed by atoms with Gasteiger partial charge in [-0.25, -0.2) is 4.98 Å². The Morgan fingerprint density at radius 2 is 2.27 bits per heavy atom. The van der Waals surface area contributed by atoms with Gasteiger partial charge in [-0.2, -0.15) is 0 Å². The molecule has 0 bridgehead atoms. The number of imidazole rings is 1. The predicted molar refractivity (Wildman–Crippen MR) is 63.2 cm³/mol. The molecule has 0 aromatic carbocycles. The molecule has 0 amide bonds. The number of amidine groups is 1. The van der Waals surface area contributed by atoms with E-state index in [9.17, 15) is 0 Å². The van der Waals surface area contributed by atoms with Crippen molar-refractivity contribution >= 4 is 5.84 Å². The molecular formula is C11H20N4. The molecule has 0 aliphatic rings. The molecule has 0 saturated carbocycles. The maximum Gasteiger partial charge on any atom is 0.175 e. The molecule has 1 aromatic heterocycles. The highest BCUT2D eigenvalue weighted by Crippen LogP contribution is 2.01. The molecule has 15 heavy (non-hydrogen) atoms. The number of hydrogen-bond donors (Lipinski definition) is 0. The van der Waals surface area contributed by atoms with Gasteiger partial charge in [-0.1, -0.05) is 13.3 Å². The average Bonchev–Trinajstić information content (AvgIpc) is 2.59. The van der Waals surface area contributed by atoms with E-state index in [0.717, 1.165) is 24.6 Å². The first-order valence-corrected chi connectivity index (χ1v) is 5.36. The van der Waals surface area contributed by atoms with Crippen molar-refractivity contribution in [2.75, 3.05) is 20.6 Å². The Morgan fingerprint density at radius 3 is 2.73 bits per heavy atom. The van der Waals surface area contributed by atoms with E-state index in [-0.39, 0.29) is 0 Å². The summed E-state index contributed by atoms with van der Waals surface area (Å²) >= 11 is 0. The van der Waals surface area contributed by atoms with Crippen LogP contribution in [-0.4, -0.2) is 40.9 Å². The fourth-order valence-corrected chi connectivity index (χ4v) is 1.34. The second-order valence-electron chi connectivity index (χ2n) is 3.82. The normalized spacial score (nSPS) is 11.9. The van der Waals surface area contributed by atoms with E-state index < -0.39 is 0 Å². The number of aromatic nitrogens is 2. The van der Waals surface area contributed by atoms with Crippen LogP contribution in [-0.2, 0) is 7.05 Å². The molecule has 4 heteroatoms. The van der Waals surface area contributed by atoms with Crippen molar-refractivity contribution in [3.8, 4) is 0 Å². The minimum Gasteiger partial charge on any atom is -0.360 e. The van der Waals surface area contributed by atoms with E-state index in [4.69, 9.17) is 0 Å². The van der Waals surface area contributed by atoms with Crippen molar-refractivity contribution < 1.29 is 0 Å². The minimum atomic E-state index is 0.872. The Balaban J connectivity index is 2.84. The Bertz CT molecular complexity index is 325. The Morgan fingerprint density at radius 1 is 1.53 bits per heavy atom. The first-order valence-electron chi connectivity index (χ1n) is 5.36. The lowest BCUT2D eigenvalue weighted by atomic mass is 10.3. The number of aliphatic imine (C=N–C) groups is 1. The van der Waals surface area contributed by atoms with E-state index >= 15 is 0 Å². The molecule has 0 N–H and O–H groups in total. The van der Waals surface area contributed by atoms with Gasteiger partial charge in [0.1, 0.15) is 0 Å². The van der Waals surface area contributed by atoms with Gasteiger partial charge in [0.25, 0.3) is 0 Å². The van der Waals surface area contributed by atoms with Crippen molar-refractivity contribution in [1.29, 1.82) is 0 Å². The highest BCUT2D eigenvalue weighted by Gasteiger charge is 2.09. The van der Waals surface area contributed by atoms with Gasteiger partial charge in [-0.05, 0) is 6.42 Å². The van der Waals surface area contributed by atoms with Gasteiger partial charge in [-0.3, -0.25) is 4.99 Å². The highest BCUT2D eigenvalue weighted by atomic mass is 15.2. The third kappa shape index (κ3) is 3.08. The maximum atomic E-state index is 4.58. The summed E-state index contributed by atoms with van der Waals surface area (Å²) < 4.78 is 1.99. The lowest BCUT2D eigenvalue weighted by molar-refractivity contribution is 0.607. The zero-order chi connectivity index (χ0) is 11.3. The van der Waals surface area contributed by atoms with E-state index in [1.165, 1.54) is 6.42 Å². The van der Waals surface area contributed by atoms with Crippen LogP contribution in [0.3, 0.4) is 0 Å². The molecule has 0 aliphatic carbocycles. The average molecular weight is 208 g/mol. The van der Waals surface area contributed by atoms with E-state index in [1.807, 2.05) is 36.8 Å². The van der Waals surface area contributed by atoms with Crippen LogP contribution < -0.4 is 0 Å². The van der Waals surface area contributed by atoms with Crippen LogP contribution in [0, 0.1) is 0 Å². The fraction of sp³-hybridized carbons (Fsp3) is 0.636. The van der Waals surface area contributed by atoms with Crippen molar-refractivity contribution in [3.63, 3.8) is 0 Å². The molecule has 0 fully saturated rings. The largest absolute Gasteiger partial charge is 0.360 e. The lowest BCUT2D eigenvalue weighted by Crippen LogP contribution is -2.26. The first kappa shape index (κ1) is 11.8. The van der Waals surface area contributed by atoms with Crippen LogP contribution in [0.2, 0.25) is 0 Å². The van der Waals surface area contributed by atoms with Gasteiger partial charge in [-0.15, -0.1) is 0 Å². The Hall–Kier alpha value is -1.32. The molecule has 1 heterocycles. The molecule has 84 valence electrons.